The monoisotopic (exact) mass is 268 g/mol. The Hall–Kier alpha value is -1.54. The number of thioether (sulfide) groups is 1. The number of Topliss-reactive ketones (excluding diaryl/α,β-unsaturated/α-hetero) is 1. The van der Waals surface area contributed by atoms with E-state index in [0.717, 1.165) is 16.0 Å². The van der Waals surface area contributed by atoms with Gasteiger partial charge in [0, 0.05) is 15.7 Å². The lowest BCUT2D eigenvalue weighted by molar-refractivity contribution is 0.0954. The first-order valence-electron chi connectivity index (χ1n) is 6.53. The quantitative estimate of drug-likeness (QED) is 0.759. The summed E-state index contributed by atoms with van der Waals surface area (Å²) >= 11 is 1.80. The van der Waals surface area contributed by atoms with Crippen molar-refractivity contribution in [2.24, 2.45) is 0 Å². The van der Waals surface area contributed by atoms with E-state index in [-0.39, 0.29) is 17.0 Å². The van der Waals surface area contributed by atoms with E-state index in [0.29, 0.717) is 0 Å². The first kappa shape index (κ1) is 12.5. The van der Waals surface area contributed by atoms with Crippen LogP contribution in [0.5, 0.6) is 0 Å². The number of aryl methyl sites for hydroxylation is 1. The van der Waals surface area contributed by atoms with E-state index < -0.39 is 0 Å². The Morgan fingerprint density at radius 3 is 2.42 bits per heavy atom. The predicted octanol–water partition coefficient (Wildman–Crippen LogP) is 4.46. The number of hydrogen-bond acceptors (Lipinski definition) is 2. The van der Waals surface area contributed by atoms with Crippen LogP contribution in [0.25, 0.3) is 0 Å². The standard InChI is InChI=1S/C17H16OS/c1-11-7-9-13(10-8-11)16-12(2)19-15-6-4-3-5-14(15)17(16)18/h3-10,12,16H,1-2H3. The molecule has 1 heterocycles. The van der Waals surface area contributed by atoms with E-state index in [2.05, 4.69) is 38.1 Å². The number of ketones is 1. The lowest BCUT2D eigenvalue weighted by Crippen LogP contribution is -2.26. The lowest BCUT2D eigenvalue weighted by Gasteiger charge is -2.29. The molecule has 19 heavy (non-hydrogen) atoms. The molecule has 0 bridgehead atoms. The SMILES string of the molecule is Cc1ccc(C2C(=O)c3ccccc3SC2C)cc1. The van der Waals surface area contributed by atoms with Crippen molar-refractivity contribution in [1.29, 1.82) is 0 Å². The molecule has 0 aromatic heterocycles. The molecule has 3 rings (SSSR count). The molecule has 2 heteroatoms. The maximum absolute atomic E-state index is 12.7. The van der Waals surface area contributed by atoms with Crippen LogP contribution in [-0.2, 0) is 0 Å². The Morgan fingerprint density at radius 1 is 1.00 bits per heavy atom. The van der Waals surface area contributed by atoms with Gasteiger partial charge in [-0.3, -0.25) is 4.79 Å². The molecule has 2 unspecified atom stereocenters. The van der Waals surface area contributed by atoms with Crippen molar-refractivity contribution >= 4 is 17.5 Å². The zero-order chi connectivity index (χ0) is 13.4. The Bertz CT molecular complexity index is 615. The number of carbonyl (C=O) groups is 1. The molecule has 2 aromatic carbocycles. The molecule has 1 aliphatic rings. The van der Waals surface area contributed by atoms with E-state index in [1.165, 1.54) is 5.56 Å². The number of benzene rings is 2. The number of carbonyl (C=O) groups excluding carboxylic acids is 1. The molecular weight excluding hydrogens is 252 g/mol. The average molecular weight is 268 g/mol. The van der Waals surface area contributed by atoms with Crippen LogP contribution in [0.4, 0.5) is 0 Å². The van der Waals surface area contributed by atoms with Gasteiger partial charge in [0.2, 0.25) is 0 Å². The van der Waals surface area contributed by atoms with Crippen molar-refractivity contribution in [2.75, 3.05) is 0 Å². The van der Waals surface area contributed by atoms with Crippen LogP contribution in [-0.4, -0.2) is 11.0 Å². The van der Waals surface area contributed by atoms with Gasteiger partial charge in [0.15, 0.2) is 5.78 Å². The number of hydrogen-bond donors (Lipinski definition) is 0. The lowest BCUT2D eigenvalue weighted by atomic mass is 9.87. The van der Waals surface area contributed by atoms with Gasteiger partial charge in [-0.15, -0.1) is 11.8 Å². The second kappa shape index (κ2) is 4.86. The van der Waals surface area contributed by atoms with E-state index in [4.69, 9.17) is 0 Å². The summed E-state index contributed by atoms with van der Waals surface area (Å²) in [5.41, 5.74) is 3.23. The molecule has 1 nitrogen and oxygen atoms in total. The van der Waals surface area contributed by atoms with Crippen LogP contribution < -0.4 is 0 Å². The molecule has 0 radical (unpaired) electrons. The van der Waals surface area contributed by atoms with Gasteiger partial charge in [-0.2, -0.15) is 0 Å². The predicted molar refractivity (Wildman–Crippen MR) is 80.0 cm³/mol. The van der Waals surface area contributed by atoms with Crippen LogP contribution in [0.2, 0.25) is 0 Å². The summed E-state index contributed by atoms with van der Waals surface area (Å²) in [6.07, 6.45) is 0. The Kier molecular flexibility index (Phi) is 3.19. The molecule has 96 valence electrons. The van der Waals surface area contributed by atoms with Gasteiger partial charge in [-0.05, 0) is 18.6 Å². The highest BCUT2D eigenvalue weighted by molar-refractivity contribution is 8.00. The summed E-state index contributed by atoms with van der Waals surface area (Å²) in [6, 6.07) is 16.3. The zero-order valence-corrected chi connectivity index (χ0v) is 11.9. The minimum atomic E-state index is -0.0273. The van der Waals surface area contributed by atoms with Gasteiger partial charge in [0.25, 0.3) is 0 Å². The van der Waals surface area contributed by atoms with Crippen LogP contribution in [0.1, 0.15) is 34.3 Å². The maximum Gasteiger partial charge on any atom is 0.172 e. The third-order valence-electron chi connectivity index (χ3n) is 3.65. The van der Waals surface area contributed by atoms with E-state index in [1.807, 2.05) is 24.3 Å². The number of fused-ring (bicyclic) bond motifs is 1. The largest absolute Gasteiger partial charge is 0.293 e. The molecule has 2 aromatic rings. The molecule has 0 aliphatic carbocycles. The minimum absolute atomic E-state index is 0.0273. The minimum Gasteiger partial charge on any atom is -0.293 e. The molecule has 0 fully saturated rings. The van der Waals surface area contributed by atoms with Crippen LogP contribution >= 0.6 is 11.8 Å². The highest BCUT2D eigenvalue weighted by Gasteiger charge is 2.34. The Labute approximate surface area is 118 Å². The summed E-state index contributed by atoms with van der Waals surface area (Å²) in [4.78, 5) is 13.8. The van der Waals surface area contributed by atoms with Crippen molar-refractivity contribution in [3.63, 3.8) is 0 Å². The highest BCUT2D eigenvalue weighted by Crippen LogP contribution is 2.42. The third-order valence-corrected chi connectivity index (χ3v) is 4.91. The second-order valence-corrected chi connectivity index (χ2v) is 6.49. The third kappa shape index (κ3) is 2.21. The molecule has 2 atom stereocenters. The summed E-state index contributed by atoms with van der Waals surface area (Å²) < 4.78 is 0. The molecular formula is C17H16OS. The molecule has 0 saturated carbocycles. The van der Waals surface area contributed by atoms with Crippen molar-refractivity contribution in [2.45, 2.75) is 29.9 Å². The molecule has 0 saturated heterocycles. The van der Waals surface area contributed by atoms with Gasteiger partial charge < -0.3 is 0 Å². The van der Waals surface area contributed by atoms with Gasteiger partial charge in [-0.1, -0.05) is 55.0 Å². The second-order valence-electron chi connectivity index (χ2n) is 5.07. The van der Waals surface area contributed by atoms with Crippen LogP contribution in [0.3, 0.4) is 0 Å². The van der Waals surface area contributed by atoms with Crippen LogP contribution in [0, 0.1) is 6.92 Å². The van der Waals surface area contributed by atoms with Gasteiger partial charge in [0.05, 0.1) is 5.92 Å². The van der Waals surface area contributed by atoms with E-state index >= 15 is 0 Å². The normalized spacial score (nSPS) is 22.1. The Balaban J connectivity index is 2.04. The fourth-order valence-electron chi connectivity index (χ4n) is 2.62. The zero-order valence-electron chi connectivity index (χ0n) is 11.1. The summed E-state index contributed by atoms with van der Waals surface area (Å²) in [5, 5.41) is 0.283. The average Bonchev–Trinajstić information content (AvgIpc) is 2.41. The summed E-state index contributed by atoms with van der Waals surface area (Å²) in [7, 11) is 0. The molecule has 1 aliphatic heterocycles. The van der Waals surface area contributed by atoms with Gasteiger partial charge in [-0.25, -0.2) is 0 Å². The highest BCUT2D eigenvalue weighted by atomic mass is 32.2. The summed E-state index contributed by atoms with van der Waals surface area (Å²) in [5.74, 6) is 0.228. The van der Waals surface area contributed by atoms with Gasteiger partial charge >= 0.3 is 0 Å². The van der Waals surface area contributed by atoms with Gasteiger partial charge in [0.1, 0.15) is 0 Å². The first-order valence-corrected chi connectivity index (χ1v) is 7.41. The summed E-state index contributed by atoms with van der Waals surface area (Å²) in [6.45, 7) is 4.21. The smallest absolute Gasteiger partial charge is 0.172 e. The first-order chi connectivity index (χ1) is 9.16. The van der Waals surface area contributed by atoms with Crippen molar-refractivity contribution < 1.29 is 4.79 Å². The van der Waals surface area contributed by atoms with E-state index in [9.17, 15) is 4.79 Å². The molecule has 0 N–H and O–H groups in total. The fourth-order valence-corrected chi connectivity index (χ4v) is 3.89. The Morgan fingerprint density at radius 2 is 1.68 bits per heavy atom. The molecule has 0 spiro atoms. The maximum atomic E-state index is 12.7. The van der Waals surface area contributed by atoms with Crippen molar-refractivity contribution in [1.82, 2.24) is 0 Å². The number of rotatable bonds is 1. The van der Waals surface area contributed by atoms with Crippen molar-refractivity contribution in [3.8, 4) is 0 Å². The molecule has 0 amide bonds. The van der Waals surface area contributed by atoms with Crippen molar-refractivity contribution in [3.05, 3.63) is 65.2 Å². The topological polar surface area (TPSA) is 17.1 Å². The fraction of sp³-hybridized carbons (Fsp3) is 0.235. The van der Waals surface area contributed by atoms with Crippen LogP contribution in [0.15, 0.2) is 53.4 Å². The van der Waals surface area contributed by atoms with E-state index in [1.54, 1.807) is 11.8 Å².